The van der Waals surface area contributed by atoms with Gasteiger partial charge in [0.1, 0.15) is 11.5 Å². The molecule has 6 heteroatoms. The third-order valence-corrected chi connectivity index (χ3v) is 2.61. The fraction of sp³-hybridized carbons (Fsp3) is 0.417. The average Bonchev–Trinajstić information content (AvgIpc) is 2.42. The summed E-state index contributed by atoms with van der Waals surface area (Å²) in [5, 5.41) is 15.1. The van der Waals surface area contributed by atoms with E-state index in [1.54, 1.807) is 14.2 Å². The molecular weight excluding hydrogens is 252 g/mol. The number of benzene rings is 1. The van der Waals surface area contributed by atoms with E-state index in [1.807, 2.05) is 18.2 Å². The Kier molecular flexibility index (Phi) is 6.24. The van der Waals surface area contributed by atoms with Gasteiger partial charge in [-0.05, 0) is 30.4 Å². The van der Waals surface area contributed by atoms with Gasteiger partial charge in [0.2, 0.25) is 0 Å². The maximum absolute atomic E-state index is 8.66. The highest BCUT2D eigenvalue weighted by molar-refractivity contribution is 7.80. The first-order chi connectivity index (χ1) is 8.71. The molecule has 1 rings (SSSR count). The largest absolute Gasteiger partial charge is 0.497 e. The molecule has 1 aromatic rings. The Balaban J connectivity index is 2.62. The molecule has 18 heavy (non-hydrogen) atoms. The third kappa shape index (κ3) is 4.38. The molecular formula is C12H18N2O3S. The predicted molar refractivity (Wildman–Crippen MR) is 74.1 cm³/mol. The van der Waals surface area contributed by atoms with Crippen molar-refractivity contribution >= 4 is 17.3 Å². The standard InChI is InChI=1S/C12H18N2O3S/c1-16-10-3-4-11(17-2)9(7-10)8-14-12(18)13-5-6-15/h3-4,7,15H,5-6,8H2,1-2H3,(H2,13,14,18). The van der Waals surface area contributed by atoms with Crippen molar-refractivity contribution in [1.82, 2.24) is 10.6 Å². The van der Waals surface area contributed by atoms with Gasteiger partial charge >= 0.3 is 0 Å². The zero-order valence-corrected chi connectivity index (χ0v) is 11.3. The number of rotatable bonds is 6. The summed E-state index contributed by atoms with van der Waals surface area (Å²) in [5.74, 6) is 1.54. The van der Waals surface area contributed by atoms with Gasteiger partial charge in [-0.1, -0.05) is 0 Å². The number of ether oxygens (including phenoxy) is 2. The van der Waals surface area contributed by atoms with E-state index < -0.39 is 0 Å². The summed E-state index contributed by atoms with van der Waals surface area (Å²) in [6.45, 7) is 1.00. The Labute approximate surface area is 112 Å². The summed E-state index contributed by atoms with van der Waals surface area (Å²) < 4.78 is 10.4. The lowest BCUT2D eigenvalue weighted by Gasteiger charge is -2.13. The topological polar surface area (TPSA) is 62.8 Å². The molecule has 0 saturated heterocycles. The van der Waals surface area contributed by atoms with E-state index in [0.717, 1.165) is 17.1 Å². The lowest BCUT2D eigenvalue weighted by Crippen LogP contribution is -2.36. The second-order valence-electron chi connectivity index (χ2n) is 3.51. The zero-order valence-electron chi connectivity index (χ0n) is 10.5. The Bertz CT molecular complexity index is 399. The number of aliphatic hydroxyl groups is 1. The van der Waals surface area contributed by atoms with E-state index in [4.69, 9.17) is 26.8 Å². The van der Waals surface area contributed by atoms with Gasteiger partial charge in [-0.25, -0.2) is 0 Å². The van der Waals surface area contributed by atoms with E-state index in [-0.39, 0.29) is 6.61 Å². The first-order valence-corrected chi connectivity index (χ1v) is 5.95. The smallest absolute Gasteiger partial charge is 0.166 e. The summed E-state index contributed by atoms with van der Waals surface area (Å²) >= 11 is 5.05. The number of hydrogen-bond acceptors (Lipinski definition) is 4. The number of methoxy groups -OCH3 is 2. The van der Waals surface area contributed by atoms with E-state index in [1.165, 1.54) is 0 Å². The molecule has 3 N–H and O–H groups in total. The van der Waals surface area contributed by atoms with Crippen molar-refractivity contribution in [1.29, 1.82) is 0 Å². The molecule has 0 aromatic heterocycles. The van der Waals surface area contributed by atoms with Gasteiger partial charge in [0, 0.05) is 18.7 Å². The van der Waals surface area contributed by atoms with Gasteiger partial charge in [0.25, 0.3) is 0 Å². The highest BCUT2D eigenvalue weighted by atomic mass is 32.1. The normalized spacial score (nSPS) is 9.72. The van der Waals surface area contributed by atoms with Gasteiger partial charge in [-0.3, -0.25) is 0 Å². The lowest BCUT2D eigenvalue weighted by atomic mass is 10.2. The second-order valence-corrected chi connectivity index (χ2v) is 3.92. The maximum atomic E-state index is 8.66. The van der Waals surface area contributed by atoms with Crippen LogP contribution in [0.4, 0.5) is 0 Å². The van der Waals surface area contributed by atoms with Crippen LogP contribution >= 0.6 is 12.2 Å². The van der Waals surface area contributed by atoms with Gasteiger partial charge in [0.15, 0.2) is 5.11 Å². The van der Waals surface area contributed by atoms with Crippen molar-refractivity contribution in [3.63, 3.8) is 0 Å². The monoisotopic (exact) mass is 270 g/mol. The molecule has 0 amide bonds. The molecule has 0 spiro atoms. The van der Waals surface area contributed by atoms with E-state index in [0.29, 0.717) is 18.2 Å². The van der Waals surface area contributed by atoms with E-state index in [9.17, 15) is 0 Å². The Morgan fingerprint density at radius 1 is 1.28 bits per heavy atom. The zero-order chi connectivity index (χ0) is 13.4. The van der Waals surface area contributed by atoms with Crippen LogP contribution in [0.5, 0.6) is 11.5 Å². The van der Waals surface area contributed by atoms with Crippen molar-refractivity contribution < 1.29 is 14.6 Å². The van der Waals surface area contributed by atoms with E-state index in [2.05, 4.69) is 10.6 Å². The maximum Gasteiger partial charge on any atom is 0.166 e. The molecule has 0 saturated carbocycles. The highest BCUT2D eigenvalue weighted by Crippen LogP contribution is 2.23. The van der Waals surface area contributed by atoms with Crippen molar-refractivity contribution in [2.75, 3.05) is 27.4 Å². The minimum Gasteiger partial charge on any atom is -0.497 e. The minimum absolute atomic E-state index is 0.0459. The van der Waals surface area contributed by atoms with Gasteiger partial charge in [-0.15, -0.1) is 0 Å². The molecule has 0 aliphatic rings. The minimum atomic E-state index is 0.0459. The first-order valence-electron chi connectivity index (χ1n) is 5.54. The van der Waals surface area contributed by atoms with Crippen LogP contribution in [0.15, 0.2) is 18.2 Å². The highest BCUT2D eigenvalue weighted by Gasteiger charge is 2.05. The van der Waals surface area contributed by atoms with Crippen molar-refractivity contribution in [3.05, 3.63) is 23.8 Å². The number of thiocarbonyl (C=S) groups is 1. The Morgan fingerprint density at radius 3 is 2.67 bits per heavy atom. The summed E-state index contributed by atoms with van der Waals surface area (Å²) in [6.07, 6.45) is 0. The molecule has 0 heterocycles. The van der Waals surface area contributed by atoms with Crippen molar-refractivity contribution in [2.45, 2.75) is 6.54 Å². The van der Waals surface area contributed by atoms with Gasteiger partial charge in [0.05, 0.1) is 20.8 Å². The molecule has 0 fully saturated rings. The van der Waals surface area contributed by atoms with Gasteiger partial charge in [-0.2, -0.15) is 0 Å². The van der Waals surface area contributed by atoms with Crippen LogP contribution < -0.4 is 20.1 Å². The molecule has 5 nitrogen and oxygen atoms in total. The summed E-state index contributed by atoms with van der Waals surface area (Å²) in [4.78, 5) is 0. The average molecular weight is 270 g/mol. The van der Waals surface area contributed by atoms with Crippen LogP contribution in [0.25, 0.3) is 0 Å². The molecule has 100 valence electrons. The van der Waals surface area contributed by atoms with Crippen molar-refractivity contribution in [3.8, 4) is 11.5 Å². The SMILES string of the molecule is COc1ccc(OC)c(CNC(=S)NCCO)c1. The van der Waals surface area contributed by atoms with E-state index >= 15 is 0 Å². The fourth-order valence-corrected chi connectivity index (χ4v) is 1.60. The second kappa shape index (κ2) is 7.73. The Hall–Kier alpha value is -1.53. The lowest BCUT2D eigenvalue weighted by molar-refractivity contribution is 0.300. The van der Waals surface area contributed by atoms with Crippen LogP contribution in [-0.4, -0.2) is 37.6 Å². The number of aliphatic hydroxyl groups excluding tert-OH is 1. The van der Waals surface area contributed by atoms with Crippen LogP contribution in [0.1, 0.15) is 5.56 Å². The third-order valence-electron chi connectivity index (χ3n) is 2.32. The molecule has 0 bridgehead atoms. The molecule has 0 aliphatic carbocycles. The van der Waals surface area contributed by atoms with Crippen LogP contribution in [0, 0.1) is 0 Å². The van der Waals surface area contributed by atoms with Crippen LogP contribution in [-0.2, 0) is 6.54 Å². The quantitative estimate of drug-likeness (QED) is 0.660. The van der Waals surface area contributed by atoms with Gasteiger partial charge < -0.3 is 25.2 Å². The molecule has 0 aliphatic heterocycles. The molecule has 1 aromatic carbocycles. The van der Waals surface area contributed by atoms with Crippen LogP contribution in [0.3, 0.4) is 0 Å². The molecule has 0 unspecified atom stereocenters. The number of nitrogens with one attached hydrogen (secondary N) is 2. The van der Waals surface area contributed by atoms with Crippen LogP contribution in [0.2, 0.25) is 0 Å². The summed E-state index contributed by atoms with van der Waals surface area (Å²) in [5.41, 5.74) is 0.949. The fourth-order valence-electron chi connectivity index (χ4n) is 1.43. The molecule has 0 atom stereocenters. The van der Waals surface area contributed by atoms with Crippen molar-refractivity contribution in [2.24, 2.45) is 0 Å². The number of hydrogen-bond donors (Lipinski definition) is 3. The first kappa shape index (κ1) is 14.5. The molecule has 0 radical (unpaired) electrons. The predicted octanol–water partition coefficient (Wildman–Crippen LogP) is 0.660. The Morgan fingerprint density at radius 2 is 2.06 bits per heavy atom. The summed E-state index contributed by atoms with van der Waals surface area (Å²) in [7, 11) is 3.24. The summed E-state index contributed by atoms with van der Waals surface area (Å²) in [6, 6.07) is 5.57.